The summed E-state index contributed by atoms with van der Waals surface area (Å²) < 4.78 is 0. The van der Waals surface area contributed by atoms with Gasteiger partial charge in [-0.1, -0.05) is 32.9 Å². The molecule has 0 bridgehead atoms. The molecule has 0 aliphatic heterocycles. The molecule has 0 radical (unpaired) electrons. The molecule has 37 heavy (non-hydrogen) atoms. The van der Waals surface area contributed by atoms with Gasteiger partial charge >= 0.3 is 0 Å². The maximum atomic E-state index is 13.8. The number of aliphatic hydroxyl groups is 3. The number of Topliss-reactive ketones (excluding diaryl/α,β-unsaturated/α-hetero) is 2. The molecule has 1 fully saturated rings. The van der Waals surface area contributed by atoms with E-state index < -0.39 is 58.0 Å². The molecular weight excluding hydrogens is 478 g/mol. The fourth-order valence-electron chi connectivity index (χ4n) is 5.98. The van der Waals surface area contributed by atoms with Crippen molar-refractivity contribution in [1.82, 2.24) is 10.2 Å². The van der Waals surface area contributed by atoms with Gasteiger partial charge in [0.15, 0.2) is 11.4 Å². The first-order valence-corrected chi connectivity index (χ1v) is 12.3. The Labute approximate surface area is 215 Å². The molecule has 0 saturated heterocycles. The molecule has 10 heteroatoms. The minimum absolute atomic E-state index is 0.0206. The fourth-order valence-corrected chi connectivity index (χ4v) is 5.98. The summed E-state index contributed by atoms with van der Waals surface area (Å²) >= 11 is 0. The minimum atomic E-state index is -2.63. The van der Waals surface area contributed by atoms with Crippen molar-refractivity contribution in [2.75, 3.05) is 20.6 Å². The zero-order valence-electron chi connectivity index (χ0n) is 21.8. The molecule has 4 rings (SSSR count). The largest absolute Gasteiger partial charge is 0.508 e. The van der Waals surface area contributed by atoms with Gasteiger partial charge in [-0.05, 0) is 43.8 Å². The lowest BCUT2D eigenvalue weighted by Gasteiger charge is -2.50. The molecule has 1 saturated carbocycles. The number of hydrogen-bond donors (Lipinski definition) is 6. The van der Waals surface area contributed by atoms with E-state index in [4.69, 9.17) is 5.73 Å². The number of ketones is 2. The van der Waals surface area contributed by atoms with Gasteiger partial charge in [0.25, 0.3) is 5.91 Å². The number of hydrogen-bond acceptors (Lipinski definition) is 9. The third-order valence-corrected chi connectivity index (χ3v) is 7.65. The Hall–Kier alpha value is -3.21. The van der Waals surface area contributed by atoms with Gasteiger partial charge in [-0.15, -0.1) is 0 Å². The number of phenols is 1. The number of phenolic OH excluding ortho intramolecular Hbond substituents is 1. The van der Waals surface area contributed by atoms with Crippen molar-refractivity contribution >= 4 is 23.2 Å². The first-order valence-electron chi connectivity index (χ1n) is 12.3. The number of nitrogens with two attached hydrogens (primary N) is 1. The summed E-state index contributed by atoms with van der Waals surface area (Å²) in [6.07, 6.45) is 0.346. The molecule has 4 atom stereocenters. The van der Waals surface area contributed by atoms with Crippen LogP contribution >= 0.6 is 0 Å². The van der Waals surface area contributed by atoms with Gasteiger partial charge in [0.2, 0.25) is 5.78 Å². The number of aliphatic hydroxyl groups excluding tert-OH is 2. The summed E-state index contributed by atoms with van der Waals surface area (Å²) in [5, 5.41) is 48.1. The van der Waals surface area contributed by atoms with Crippen molar-refractivity contribution < 1.29 is 34.8 Å². The standard InChI is InChI=1S/C27H35N3O7/c1-26(2,3)11-29-10-13-7-6-12-8-14-9-15-19(30(4)5)22(33)18(25(28)36)24(35)27(15,37)23(34)17(14)21(32)16(12)20(13)31/h6-7,14-15,19,29,31-32,35,37H,8-11H2,1-5H3,(H2,28,36)/t14-,15-,19+,27+/m1/s1. The molecule has 1 aromatic rings. The highest BCUT2D eigenvalue weighted by Crippen LogP contribution is 2.52. The van der Waals surface area contributed by atoms with Gasteiger partial charge in [0.05, 0.1) is 11.6 Å². The number of fused-ring (bicyclic) bond motifs is 3. The quantitative estimate of drug-likeness (QED) is 0.315. The molecule has 10 nitrogen and oxygen atoms in total. The molecule has 1 amide bonds. The lowest BCUT2D eigenvalue weighted by Crippen LogP contribution is -2.65. The first-order chi connectivity index (χ1) is 17.1. The van der Waals surface area contributed by atoms with Crippen molar-refractivity contribution in [3.05, 3.63) is 45.7 Å². The second kappa shape index (κ2) is 8.97. The van der Waals surface area contributed by atoms with E-state index in [-0.39, 0.29) is 35.1 Å². The Morgan fingerprint density at radius 3 is 2.41 bits per heavy atom. The lowest BCUT2D eigenvalue weighted by atomic mass is 9.57. The van der Waals surface area contributed by atoms with Crippen LogP contribution in [0.1, 0.15) is 43.9 Å². The smallest absolute Gasteiger partial charge is 0.255 e. The van der Waals surface area contributed by atoms with Crippen LogP contribution in [0.25, 0.3) is 5.76 Å². The number of benzene rings is 1. The second-order valence-corrected chi connectivity index (χ2v) is 11.7. The number of likely N-dealkylation sites (N-methyl/N-ethyl adjacent to an activating group) is 1. The Morgan fingerprint density at radius 2 is 1.84 bits per heavy atom. The van der Waals surface area contributed by atoms with E-state index in [1.807, 2.05) is 0 Å². The topological polar surface area (TPSA) is 173 Å². The Kier molecular flexibility index (Phi) is 6.51. The van der Waals surface area contributed by atoms with Gasteiger partial charge in [-0.25, -0.2) is 0 Å². The Balaban J connectivity index is 1.83. The third kappa shape index (κ3) is 4.13. The third-order valence-electron chi connectivity index (χ3n) is 7.65. The van der Waals surface area contributed by atoms with Crippen molar-refractivity contribution in [2.45, 2.75) is 51.8 Å². The molecule has 0 spiro atoms. The summed E-state index contributed by atoms with van der Waals surface area (Å²) in [6.45, 7) is 7.24. The average molecular weight is 514 g/mol. The molecule has 7 N–H and O–H groups in total. The number of primary amides is 1. The molecule has 3 aliphatic rings. The highest BCUT2D eigenvalue weighted by molar-refractivity contribution is 6.24. The SMILES string of the molecule is CN(C)[C@@H]1C(=O)C(C(N)=O)=C(O)[C@@]2(O)C(=O)C3=C(O)c4c(ccc(CNCC(C)(C)C)c4O)C[C@@H]3C[C@H]12. The fraction of sp³-hybridized carbons (Fsp3) is 0.519. The predicted octanol–water partition coefficient (Wildman–Crippen LogP) is 1.10. The van der Waals surface area contributed by atoms with Crippen LogP contribution in [0, 0.1) is 17.3 Å². The summed E-state index contributed by atoms with van der Waals surface area (Å²) in [4.78, 5) is 40.5. The van der Waals surface area contributed by atoms with Crippen molar-refractivity contribution in [1.29, 1.82) is 0 Å². The summed E-state index contributed by atoms with van der Waals surface area (Å²) in [6, 6.07) is 2.46. The molecule has 200 valence electrons. The van der Waals surface area contributed by atoms with E-state index in [1.165, 1.54) is 4.90 Å². The van der Waals surface area contributed by atoms with Gasteiger partial charge < -0.3 is 31.5 Å². The van der Waals surface area contributed by atoms with Gasteiger partial charge in [0.1, 0.15) is 22.8 Å². The van der Waals surface area contributed by atoms with Crippen LogP contribution in [0.3, 0.4) is 0 Å². The Morgan fingerprint density at radius 1 is 1.19 bits per heavy atom. The molecule has 3 aliphatic carbocycles. The second-order valence-electron chi connectivity index (χ2n) is 11.7. The van der Waals surface area contributed by atoms with Gasteiger partial charge in [0, 0.05) is 30.1 Å². The van der Waals surface area contributed by atoms with E-state index in [1.54, 1.807) is 26.2 Å². The van der Waals surface area contributed by atoms with Crippen LogP contribution in [-0.2, 0) is 27.3 Å². The van der Waals surface area contributed by atoms with E-state index in [0.29, 0.717) is 24.2 Å². The molecular formula is C27H35N3O7. The number of nitrogens with zero attached hydrogens (tertiary/aromatic N) is 1. The van der Waals surface area contributed by atoms with Crippen LogP contribution in [0.5, 0.6) is 5.75 Å². The highest BCUT2D eigenvalue weighted by atomic mass is 16.3. The number of carbonyl (C=O) groups excluding carboxylic acids is 3. The zero-order valence-corrected chi connectivity index (χ0v) is 21.8. The molecule has 1 aromatic carbocycles. The van der Waals surface area contributed by atoms with E-state index in [0.717, 1.165) is 0 Å². The lowest BCUT2D eigenvalue weighted by molar-refractivity contribution is -0.153. The van der Waals surface area contributed by atoms with Gasteiger partial charge in [-0.3, -0.25) is 19.3 Å². The van der Waals surface area contributed by atoms with E-state index >= 15 is 0 Å². The maximum absolute atomic E-state index is 13.8. The van der Waals surface area contributed by atoms with Crippen molar-refractivity contribution in [3.63, 3.8) is 0 Å². The Bertz CT molecular complexity index is 1260. The summed E-state index contributed by atoms with van der Waals surface area (Å²) in [7, 11) is 3.14. The number of rotatable bonds is 5. The minimum Gasteiger partial charge on any atom is -0.508 e. The van der Waals surface area contributed by atoms with Crippen LogP contribution in [-0.4, -0.2) is 75.1 Å². The van der Waals surface area contributed by atoms with Crippen molar-refractivity contribution in [2.24, 2.45) is 23.0 Å². The molecule has 0 aromatic heterocycles. The van der Waals surface area contributed by atoms with Crippen LogP contribution < -0.4 is 11.1 Å². The average Bonchev–Trinajstić information content (AvgIpc) is 2.76. The summed E-state index contributed by atoms with van der Waals surface area (Å²) in [5.74, 6) is -6.44. The number of carbonyl (C=O) groups is 3. The number of nitrogens with one attached hydrogen (secondary N) is 1. The van der Waals surface area contributed by atoms with Crippen LogP contribution in [0.2, 0.25) is 0 Å². The maximum Gasteiger partial charge on any atom is 0.255 e. The zero-order chi connectivity index (χ0) is 27.6. The monoisotopic (exact) mass is 513 g/mol. The first kappa shape index (κ1) is 26.8. The molecule has 0 heterocycles. The van der Waals surface area contributed by atoms with Crippen molar-refractivity contribution in [3.8, 4) is 5.75 Å². The van der Waals surface area contributed by atoms with Crippen LogP contribution in [0.15, 0.2) is 29.0 Å². The number of aromatic hydroxyl groups is 1. The van der Waals surface area contributed by atoms with Crippen LogP contribution in [0.4, 0.5) is 0 Å². The molecule has 0 unspecified atom stereocenters. The normalized spacial score (nSPS) is 27.8. The van der Waals surface area contributed by atoms with Gasteiger partial charge in [-0.2, -0.15) is 0 Å². The number of amides is 1. The van der Waals surface area contributed by atoms with E-state index in [9.17, 15) is 34.8 Å². The predicted molar refractivity (Wildman–Crippen MR) is 135 cm³/mol. The highest BCUT2D eigenvalue weighted by Gasteiger charge is 2.64. The summed E-state index contributed by atoms with van der Waals surface area (Å²) in [5.41, 5.74) is 3.02. The van der Waals surface area contributed by atoms with E-state index in [2.05, 4.69) is 26.1 Å².